The number of benzene rings is 2. The van der Waals surface area contributed by atoms with Crippen molar-refractivity contribution in [3.8, 4) is 11.1 Å². The van der Waals surface area contributed by atoms with Crippen molar-refractivity contribution in [1.29, 1.82) is 5.39 Å². The van der Waals surface area contributed by atoms with Gasteiger partial charge in [-0.3, -0.25) is 10.1 Å². The molecule has 0 saturated heterocycles. The normalized spacial score (nSPS) is 9.59. The van der Waals surface area contributed by atoms with Crippen LogP contribution in [0.2, 0.25) is 0 Å². The molecule has 0 aliphatic heterocycles. The third kappa shape index (κ3) is 2.11. The van der Waals surface area contributed by atoms with Crippen LogP contribution in [-0.2, 0) is 0 Å². The molecule has 0 heterocycles. The molecule has 2 rings (SSSR count). The monoisotopic (exact) mass is 226 g/mol. The Morgan fingerprint density at radius 1 is 1.06 bits per heavy atom. The summed E-state index contributed by atoms with van der Waals surface area (Å²) in [4.78, 5) is 13.2. The molecule has 2 aromatic carbocycles. The van der Waals surface area contributed by atoms with Gasteiger partial charge in [0, 0.05) is 18.2 Å². The molecule has 0 bridgehead atoms. The van der Waals surface area contributed by atoms with Crippen LogP contribution in [-0.4, -0.2) is 4.92 Å². The quantitative estimate of drug-likeness (QED) is 0.444. The van der Waals surface area contributed by atoms with Gasteiger partial charge in [-0.2, -0.15) is 0 Å². The van der Waals surface area contributed by atoms with E-state index >= 15 is 0 Å². The molecule has 0 saturated carbocycles. The van der Waals surface area contributed by atoms with E-state index in [1.165, 1.54) is 12.1 Å². The molecule has 0 aliphatic rings. The SMILES string of the molecule is N#[N+]c1ccccc1-c1ccc([N+](=O)[O-])cc1. The zero-order valence-corrected chi connectivity index (χ0v) is 8.78. The number of hydrogen-bond acceptors (Lipinski definition) is 3. The molecule has 0 aromatic heterocycles. The molecule has 0 aliphatic carbocycles. The van der Waals surface area contributed by atoms with E-state index in [4.69, 9.17) is 5.39 Å². The summed E-state index contributed by atoms with van der Waals surface area (Å²) in [5, 5.41) is 19.4. The molecule has 0 amide bonds. The molecule has 82 valence electrons. The number of nitro benzene ring substituents is 1. The molecule has 0 N–H and O–H groups in total. The van der Waals surface area contributed by atoms with E-state index in [0.29, 0.717) is 5.69 Å². The van der Waals surface area contributed by atoms with Crippen LogP contribution in [0.3, 0.4) is 0 Å². The standard InChI is InChI=1S/C12H8N3O2/c13-14-12-4-2-1-3-11(12)9-5-7-10(8-6-9)15(16)17/h1-8H/q+1. The molecule has 2 aromatic rings. The van der Waals surface area contributed by atoms with E-state index in [1.54, 1.807) is 30.3 Å². The van der Waals surface area contributed by atoms with Gasteiger partial charge >= 0.3 is 5.69 Å². The van der Waals surface area contributed by atoms with Crippen LogP contribution >= 0.6 is 0 Å². The topological polar surface area (TPSA) is 71.3 Å². The average molecular weight is 226 g/mol. The first kappa shape index (κ1) is 10.8. The van der Waals surface area contributed by atoms with E-state index in [2.05, 4.69) is 4.98 Å². The van der Waals surface area contributed by atoms with Gasteiger partial charge in [0.25, 0.3) is 5.69 Å². The van der Waals surface area contributed by atoms with Crippen LogP contribution in [0.15, 0.2) is 48.5 Å². The lowest BCUT2D eigenvalue weighted by atomic mass is 10.0. The number of nitrogens with zero attached hydrogens (tertiary/aromatic N) is 3. The van der Waals surface area contributed by atoms with E-state index < -0.39 is 4.92 Å². The van der Waals surface area contributed by atoms with Crippen molar-refractivity contribution in [2.24, 2.45) is 0 Å². The third-order valence-electron chi connectivity index (χ3n) is 2.40. The summed E-state index contributed by atoms with van der Waals surface area (Å²) in [5.74, 6) is 0. The maximum absolute atomic E-state index is 10.5. The van der Waals surface area contributed by atoms with Gasteiger partial charge in [0.05, 0.1) is 10.5 Å². The second-order valence-electron chi connectivity index (χ2n) is 3.42. The summed E-state index contributed by atoms with van der Waals surface area (Å²) in [5.41, 5.74) is 1.96. The van der Waals surface area contributed by atoms with E-state index in [9.17, 15) is 10.1 Å². The van der Waals surface area contributed by atoms with Gasteiger partial charge in [0.15, 0.2) is 4.98 Å². The fourth-order valence-corrected chi connectivity index (χ4v) is 1.57. The number of non-ortho nitro benzene ring substituents is 1. The Morgan fingerprint density at radius 3 is 2.29 bits per heavy atom. The Hall–Kier alpha value is -2.74. The highest BCUT2D eigenvalue weighted by Crippen LogP contribution is 2.30. The minimum atomic E-state index is -0.452. The van der Waals surface area contributed by atoms with Crippen LogP contribution in [0.5, 0.6) is 0 Å². The largest absolute Gasteiger partial charge is 0.392 e. The first-order chi connectivity index (χ1) is 8.22. The summed E-state index contributed by atoms with van der Waals surface area (Å²) in [6.45, 7) is 0. The molecule has 0 radical (unpaired) electrons. The Labute approximate surface area is 97.1 Å². The predicted molar refractivity (Wildman–Crippen MR) is 63.3 cm³/mol. The van der Waals surface area contributed by atoms with E-state index in [-0.39, 0.29) is 5.69 Å². The Kier molecular flexibility index (Phi) is 2.79. The molecule has 0 spiro atoms. The van der Waals surface area contributed by atoms with Crippen LogP contribution in [0, 0.1) is 15.5 Å². The van der Waals surface area contributed by atoms with Crippen molar-refractivity contribution >= 4 is 11.4 Å². The lowest BCUT2D eigenvalue weighted by Crippen LogP contribution is -1.87. The number of hydrogen-bond donors (Lipinski definition) is 0. The van der Waals surface area contributed by atoms with Gasteiger partial charge in [-0.1, -0.05) is 12.1 Å². The van der Waals surface area contributed by atoms with Gasteiger partial charge < -0.3 is 0 Å². The van der Waals surface area contributed by atoms with Crippen molar-refractivity contribution in [1.82, 2.24) is 0 Å². The van der Waals surface area contributed by atoms with Gasteiger partial charge in [-0.25, -0.2) is 0 Å². The van der Waals surface area contributed by atoms with Gasteiger partial charge in [-0.05, 0) is 23.8 Å². The zero-order chi connectivity index (χ0) is 12.3. The lowest BCUT2D eigenvalue weighted by molar-refractivity contribution is -0.384. The summed E-state index contributed by atoms with van der Waals surface area (Å²) < 4.78 is 0. The summed E-state index contributed by atoms with van der Waals surface area (Å²) in [6, 6.07) is 13.1. The van der Waals surface area contributed by atoms with Gasteiger partial charge in [0.2, 0.25) is 5.39 Å². The van der Waals surface area contributed by atoms with E-state index in [1.807, 2.05) is 6.07 Å². The van der Waals surface area contributed by atoms with Gasteiger partial charge in [0.1, 0.15) is 0 Å². The fourth-order valence-electron chi connectivity index (χ4n) is 1.57. The number of rotatable bonds is 2. The maximum atomic E-state index is 10.5. The Balaban J connectivity index is 2.47. The number of diazo groups is 1. The van der Waals surface area contributed by atoms with Gasteiger partial charge in [-0.15, -0.1) is 0 Å². The third-order valence-corrected chi connectivity index (χ3v) is 2.40. The molecular formula is C12H8N3O2+. The first-order valence-corrected chi connectivity index (χ1v) is 4.91. The molecule has 0 fully saturated rings. The van der Waals surface area contributed by atoms with Crippen LogP contribution < -0.4 is 0 Å². The average Bonchev–Trinajstić information content (AvgIpc) is 2.39. The summed E-state index contributed by atoms with van der Waals surface area (Å²) >= 11 is 0. The molecule has 0 unspecified atom stereocenters. The predicted octanol–water partition coefficient (Wildman–Crippen LogP) is 3.75. The van der Waals surface area contributed by atoms with Crippen molar-refractivity contribution < 1.29 is 4.92 Å². The Bertz CT molecular complexity index is 600. The fraction of sp³-hybridized carbons (Fsp3) is 0. The maximum Gasteiger partial charge on any atom is 0.392 e. The highest BCUT2D eigenvalue weighted by atomic mass is 16.6. The molecule has 17 heavy (non-hydrogen) atoms. The molecular weight excluding hydrogens is 218 g/mol. The minimum absolute atomic E-state index is 0.0344. The molecule has 0 atom stereocenters. The first-order valence-electron chi connectivity index (χ1n) is 4.91. The second kappa shape index (κ2) is 4.41. The molecule has 5 heteroatoms. The number of nitro groups is 1. The van der Waals surface area contributed by atoms with Crippen LogP contribution in [0.1, 0.15) is 0 Å². The second-order valence-corrected chi connectivity index (χ2v) is 3.42. The van der Waals surface area contributed by atoms with E-state index in [0.717, 1.165) is 11.1 Å². The van der Waals surface area contributed by atoms with Crippen LogP contribution in [0.25, 0.3) is 16.1 Å². The lowest BCUT2D eigenvalue weighted by Gasteiger charge is -1.97. The highest BCUT2D eigenvalue weighted by Gasteiger charge is 2.14. The zero-order valence-electron chi connectivity index (χ0n) is 8.78. The minimum Gasteiger partial charge on any atom is -0.258 e. The van der Waals surface area contributed by atoms with Crippen molar-refractivity contribution in [3.05, 3.63) is 63.6 Å². The van der Waals surface area contributed by atoms with Crippen molar-refractivity contribution in [2.75, 3.05) is 0 Å². The Morgan fingerprint density at radius 2 is 1.71 bits per heavy atom. The molecule has 5 nitrogen and oxygen atoms in total. The summed E-state index contributed by atoms with van der Waals surface area (Å²) in [7, 11) is 0. The van der Waals surface area contributed by atoms with Crippen molar-refractivity contribution in [3.63, 3.8) is 0 Å². The van der Waals surface area contributed by atoms with Crippen LogP contribution in [0.4, 0.5) is 11.4 Å². The smallest absolute Gasteiger partial charge is 0.258 e. The van der Waals surface area contributed by atoms with Crippen molar-refractivity contribution in [2.45, 2.75) is 0 Å². The highest BCUT2D eigenvalue weighted by molar-refractivity contribution is 5.78. The summed E-state index contributed by atoms with van der Waals surface area (Å²) in [6.07, 6.45) is 0.